The number of benzene rings is 2. The van der Waals surface area contributed by atoms with Gasteiger partial charge in [-0.2, -0.15) is 0 Å². The summed E-state index contributed by atoms with van der Waals surface area (Å²) in [5.74, 6) is 0. The third-order valence-electron chi connectivity index (χ3n) is 3.05. The van der Waals surface area contributed by atoms with Gasteiger partial charge in [0.25, 0.3) is 0 Å². The third kappa shape index (κ3) is 4.01. The quantitative estimate of drug-likeness (QED) is 0.712. The third-order valence-corrected chi connectivity index (χ3v) is 4.07. The van der Waals surface area contributed by atoms with Crippen molar-refractivity contribution < 1.29 is 0 Å². The maximum Gasteiger partial charge on any atom is 0.106 e. The molecule has 0 aromatic heterocycles. The average molecular weight is 360 g/mol. The van der Waals surface area contributed by atoms with Crippen molar-refractivity contribution in [3.05, 3.63) is 62.6 Å². The first-order chi connectivity index (χ1) is 9.88. The van der Waals surface area contributed by atoms with Crippen molar-refractivity contribution in [2.45, 2.75) is 13.0 Å². The molecule has 1 unspecified atom stereocenters. The van der Waals surface area contributed by atoms with Crippen molar-refractivity contribution in [1.82, 2.24) is 0 Å². The zero-order valence-electron chi connectivity index (χ0n) is 11.2. The highest BCUT2D eigenvalue weighted by Gasteiger charge is 2.13. The van der Waals surface area contributed by atoms with E-state index < -0.39 is 0 Å². The first-order valence-electron chi connectivity index (χ1n) is 6.19. The van der Waals surface area contributed by atoms with E-state index in [0.717, 1.165) is 16.8 Å². The van der Waals surface area contributed by atoms with Crippen LogP contribution in [-0.4, -0.2) is 4.99 Å². The fourth-order valence-electron chi connectivity index (χ4n) is 2.01. The summed E-state index contributed by atoms with van der Waals surface area (Å²) in [6.45, 7) is 1.99. The molecule has 0 saturated carbocycles. The summed E-state index contributed by atoms with van der Waals surface area (Å²) >= 11 is 23.2. The molecule has 6 heteroatoms. The Morgan fingerprint density at radius 2 is 1.71 bits per heavy atom. The Kier molecular flexibility index (Phi) is 5.33. The summed E-state index contributed by atoms with van der Waals surface area (Å²) in [6.07, 6.45) is 0. The lowest BCUT2D eigenvalue weighted by Crippen LogP contribution is -2.15. The fourth-order valence-corrected chi connectivity index (χ4v) is 2.94. The number of hydrogen-bond donors (Lipinski definition) is 2. The molecule has 0 saturated heterocycles. The molecule has 0 spiro atoms. The van der Waals surface area contributed by atoms with E-state index in [4.69, 9.17) is 52.8 Å². The van der Waals surface area contributed by atoms with Crippen molar-refractivity contribution in [3.63, 3.8) is 0 Å². The molecule has 3 N–H and O–H groups in total. The van der Waals surface area contributed by atoms with Gasteiger partial charge in [-0.05, 0) is 42.8 Å². The summed E-state index contributed by atoms with van der Waals surface area (Å²) in [5.41, 5.74) is 8.17. The highest BCUT2D eigenvalue weighted by atomic mass is 35.5. The van der Waals surface area contributed by atoms with Gasteiger partial charge in [0, 0.05) is 26.3 Å². The van der Waals surface area contributed by atoms with Crippen LogP contribution < -0.4 is 11.1 Å². The minimum atomic E-state index is -0.0543. The molecular weight excluding hydrogens is 347 g/mol. The van der Waals surface area contributed by atoms with Gasteiger partial charge in [-0.1, -0.05) is 53.1 Å². The van der Waals surface area contributed by atoms with Crippen molar-refractivity contribution >= 4 is 57.7 Å². The van der Waals surface area contributed by atoms with E-state index >= 15 is 0 Å². The molecule has 110 valence electrons. The van der Waals surface area contributed by atoms with E-state index in [1.807, 2.05) is 13.0 Å². The molecule has 2 aromatic rings. The first kappa shape index (κ1) is 16.4. The zero-order valence-corrected chi connectivity index (χ0v) is 14.2. The van der Waals surface area contributed by atoms with E-state index in [1.54, 1.807) is 30.3 Å². The lowest BCUT2D eigenvalue weighted by Gasteiger charge is -2.19. The maximum absolute atomic E-state index is 6.22. The van der Waals surface area contributed by atoms with Gasteiger partial charge >= 0.3 is 0 Å². The molecule has 0 aliphatic carbocycles. The van der Waals surface area contributed by atoms with Gasteiger partial charge in [-0.15, -0.1) is 0 Å². The van der Waals surface area contributed by atoms with Crippen molar-refractivity contribution in [2.75, 3.05) is 5.32 Å². The second-order valence-corrected chi connectivity index (χ2v) is 6.31. The molecule has 0 heterocycles. The van der Waals surface area contributed by atoms with Gasteiger partial charge in [-0.3, -0.25) is 0 Å². The second kappa shape index (κ2) is 6.84. The topological polar surface area (TPSA) is 38.0 Å². The van der Waals surface area contributed by atoms with Crippen LogP contribution in [0.15, 0.2) is 36.4 Å². The molecule has 0 fully saturated rings. The standard InChI is InChI=1S/C15H13Cl3N2S/c1-8(11-4-2-9(16)6-13(11)18)20-14-7-10(17)3-5-12(14)15(19)21/h2-8,20H,1H3,(H2,19,21). The van der Waals surface area contributed by atoms with Crippen LogP contribution in [0.25, 0.3) is 0 Å². The lowest BCUT2D eigenvalue weighted by atomic mass is 10.1. The van der Waals surface area contributed by atoms with Crippen molar-refractivity contribution in [1.29, 1.82) is 0 Å². The first-order valence-corrected chi connectivity index (χ1v) is 7.73. The Morgan fingerprint density at radius 1 is 1.10 bits per heavy atom. The minimum Gasteiger partial charge on any atom is -0.389 e. The van der Waals surface area contributed by atoms with E-state index in [0.29, 0.717) is 20.1 Å². The van der Waals surface area contributed by atoms with E-state index in [2.05, 4.69) is 5.32 Å². The van der Waals surface area contributed by atoms with Crippen LogP contribution in [0.2, 0.25) is 15.1 Å². The Labute approximate surface area is 144 Å². The maximum atomic E-state index is 6.22. The number of thiocarbonyl (C=S) groups is 1. The Bertz CT molecular complexity index is 689. The number of halogens is 3. The van der Waals surface area contributed by atoms with Crippen LogP contribution in [0.4, 0.5) is 5.69 Å². The van der Waals surface area contributed by atoms with Crippen LogP contribution in [0.3, 0.4) is 0 Å². The van der Waals surface area contributed by atoms with E-state index in [-0.39, 0.29) is 6.04 Å². The van der Waals surface area contributed by atoms with Gasteiger partial charge in [0.05, 0.1) is 6.04 Å². The van der Waals surface area contributed by atoms with Crippen LogP contribution in [-0.2, 0) is 0 Å². The molecule has 0 amide bonds. The predicted octanol–water partition coefficient (Wildman–Crippen LogP) is 5.45. The summed E-state index contributed by atoms with van der Waals surface area (Å²) in [5, 5.41) is 5.13. The van der Waals surface area contributed by atoms with Gasteiger partial charge in [-0.25, -0.2) is 0 Å². The van der Waals surface area contributed by atoms with E-state index in [9.17, 15) is 0 Å². The highest BCUT2D eigenvalue weighted by Crippen LogP contribution is 2.30. The molecule has 0 aliphatic heterocycles. The van der Waals surface area contributed by atoms with Gasteiger partial charge in [0.1, 0.15) is 4.99 Å². The lowest BCUT2D eigenvalue weighted by molar-refractivity contribution is 0.884. The minimum absolute atomic E-state index is 0.0543. The fraction of sp³-hybridized carbons (Fsp3) is 0.133. The second-order valence-electron chi connectivity index (χ2n) is 4.59. The van der Waals surface area contributed by atoms with Gasteiger partial charge in [0.2, 0.25) is 0 Å². The monoisotopic (exact) mass is 358 g/mol. The molecular formula is C15H13Cl3N2S. The van der Waals surface area contributed by atoms with Crippen LogP contribution in [0.5, 0.6) is 0 Å². The Morgan fingerprint density at radius 3 is 2.33 bits per heavy atom. The van der Waals surface area contributed by atoms with Crippen LogP contribution >= 0.6 is 47.0 Å². The molecule has 1 atom stereocenters. The van der Waals surface area contributed by atoms with Crippen molar-refractivity contribution in [2.24, 2.45) is 5.73 Å². The number of rotatable bonds is 4. The van der Waals surface area contributed by atoms with Crippen LogP contribution in [0.1, 0.15) is 24.1 Å². The highest BCUT2D eigenvalue weighted by molar-refractivity contribution is 7.80. The number of hydrogen-bond acceptors (Lipinski definition) is 2. The molecule has 0 bridgehead atoms. The Hall–Kier alpha value is -1.000. The largest absolute Gasteiger partial charge is 0.389 e. The van der Waals surface area contributed by atoms with Crippen molar-refractivity contribution in [3.8, 4) is 0 Å². The molecule has 0 aliphatic rings. The van der Waals surface area contributed by atoms with Gasteiger partial charge < -0.3 is 11.1 Å². The SMILES string of the molecule is CC(Nc1cc(Cl)ccc1C(N)=S)c1ccc(Cl)cc1Cl. The summed E-state index contributed by atoms with van der Waals surface area (Å²) in [6, 6.07) is 10.7. The predicted molar refractivity (Wildman–Crippen MR) is 95.8 cm³/mol. The van der Waals surface area contributed by atoms with E-state index in [1.165, 1.54) is 0 Å². The number of nitrogens with one attached hydrogen (secondary N) is 1. The normalized spacial score (nSPS) is 12.0. The average Bonchev–Trinajstić information content (AvgIpc) is 2.37. The number of anilines is 1. The molecule has 2 rings (SSSR count). The molecule has 2 nitrogen and oxygen atoms in total. The molecule has 2 aromatic carbocycles. The summed E-state index contributed by atoms with van der Waals surface area (Å²) < 4.78 is 0. The summed E-state index contributed by atoms with van der Waals surface area (Å²) in [4.78, 5) is 0.309. The number of nitrogens with two attached hydrogens (primary N) is 1. The Balaban J connectivity index is 2.33. The molecule has 0 radical (unpaired) electrons. The zero-order chi connectivity index (χ0) is 15.6. The summed E-state index contributed by atoms with van der Waals surface area (Å²) in [7, 11) is 0. The van der Waals surface area contributed by atoms with Gasteiger partial charge in [0.15, 0.2) is 0 Å². The van der Waals surface area contributed by atoms with Crippen LogP contribution in [0, 0.1) is 0 Å². The molecule has 21 heavy (non-hydrogen) atoms. The smallest absolute Gasteiger partial charge is 0.106 e.